The number of aryl methyl sites for hydroxylation is 3. The number of hydrogen-bond donors (Lipinski definition) is 2. The van der Waals surface area contributed by atoms with Crippen molar-refractivity contribution < 1.29 is 0 Å². The molecule has 0 radical (unpaired) electrons. The van der Waals surface area contributed by atoms with Gasteiger partial charge in [0.05, 0.1) is 6.04 Å². The molecule has 3 N–H and O–H groups in total. The molecule has 1 atom stereocenters. The van der Waals surface area contributed by atoms with E-state index in [9.17, 15) is 0 Å². The monoisotopic (exact) mass is 269 g/mol. The van der Waals surface area contributed by atoms with Gasteiger partial charge < -0.3 is 0 Å². The van der Waals surface area contributed by atoms with E-state index in [0.717, 1.165) is 12.8 Å². The molecule has 0 aliphatic rings. The fraction of sp³-hybridized carbons (Fsp3) is 0.353. The van der Waals surface area contributed by atoms with Crippen LogP contribution >= 0.6 is 0 Å². The van der Waals surface area contributed by atoms with E-state index >= 15 is 0 Å². The summed E-state index contributed by atoms with van der Waals surface area (Å²) in [5.41, 5.74) is 9.47. The fourth-order valence-corrected chi connectivity index (χ4v) is 2.71. The number of rotatable bonds is 5. The summed E-state index contributed by atoms with van der Waals surface area (Å²) in [6, 6.07) is 8.60. The molecule has 0 saturated carbocycles. The van der Waals surface area contributed by atoms with E-state index < -0.39 is 0 Å². The maximum absolute atomic E-state index is 5.81. The highest BCUT2D eigenvalue weighted by molar-refractivity contribution is 5.36. The molecule has 0 saturated heterocycles. The molecule has 2 aromatic rings. The summed E-state index contributed by atoms with van der Waals surface area (Å²) in [6.07, 6.45) is 5.63. The standard InChI is InChI=1S/C17H23N3/c1-4-14-11-19-9-8-15(14)17(20-18)10-16-12(2)6-5-7-13(16)3/h5-9,11,17,20H,4,10,18H2,1-3H3. The number of benzene rings is 1. The van der Waals surface area contributed by atoms with Gasteiger partial charge in [0.15, 0.2) is 0 Å². The van der Waals surface area contributed by atoms with Crippen LogP contribution in [0, 0.1) is 13.8 Å². The van der Waals surface area contributed by atoms with Crippen molar-refractivity contribution in [2.75, 3.05) is 0 Å². The maximum Gasteiger partial charge on any atom is 0.0504 e. The molecule has 1 aromatic carbocycles. The molecule has 0 aliphatic carbocycles. The van der Waals surface area contributed by atoms with Crippen LogP contribution in [0.1, 0.15) is 40.8 Å². The molecular weight excluding hydrogens is 246 g/mol. The Kier molecular flexibility index (Phi) is 4.88. The second kappa shape index (κ2) is 6.64. The Hall–Kier alpha value is -1.71. The minimum atomic E-state index is 0.118. The van der Waals surface area contributed by atoms with E-state index in [-0.39, 0.29) is 6.04 Å². The van der Waals surface area contributed by atoms with Crippen molar-refractivity contribution in [2.45, 2.75) is 39.7 Å². The average molecular weight is 269 g/mol. The molecule has 3 nitrogen and oxygen atoms in total. The third kappa shape index (κ3) is 3.06. The minimum absolute atomic E-state index is 0.118. The highest BCUT2D eigenvalue weighted by Gasteiger charge is 2.16. The van der Waals surface area contributed by atoms with Crippen LogP contribution in [-0.4, -0.2) is 4.98 Å². The van der Waals surface area contributed by atoms with Crippen molar-refractivity contribution in [1.82, 2.24) is 10.4 Å². The molecule has 0 bridgehead atoms. The Morgan fingerprint density at radius 1 is 1.20 bits per heavy atom. The molecule has 1 aromatic heterocycles. The second-order valence-corrected chi connectivity index (χ2v) is 5.22. The summed E-state index contributed by atoms with van der Waals surface area (Å²) in [6.45, 7) is 6.46. The van der Waals surface area contributed by atoms with Gasteiger partial charge in [-0.1, -0.05) is 25.1 Å². The maximum atomic E-state index is 5.81. The Morgan fingerprint density at radius 3 is 2.50 bits per heavy atom. The molecule has 20 heavy (non-hydrogen) atoms. The average Bonchev–Trinajstić information content (AvgIpc) is 2.47. The predicted octanol–water partition coefficient (Wildman–Crippen LogP) is 3.01. The molecule has 1 heterocycles. The number of nitrogens with two attached hydrogens (primary N) is 1. The third-order valence-corrected chi connectivity index (χ3v) is 3.95. The molecule has 1 unspecified atom stereocenters. The van der Waals surface area contributed by atoms with Crippen LogP contribution in [0.5, 0.6) is 0 Å². The molecule has 3 heteroatoms. The summed E-state index contributed by atoms with van der Waals surface area (Å²) in [5, 5.41) is 0. The smallest absolute Gasteiger partial charge is 0.0504 e. The van der Waals surface area contributed by atoms with Crippen LogP contribution in [0.2, 0.25) is 0 Å². The van der Waals surface area contributed by atoms with Crippen LogP contribution in [0.25, 0.3) is 0 Å². The van der Waals surface area contributed by atoms with Gasteiger partial charge in [0.1, 0.15) is 0 Å². The Balaban J connectivity index is 2.34. The van der Waals surface area contributed by atoms with Gasteiger partial charge in [-0.25, -0.2) is 0 Å². The summed E-state index contributed by atoms with van der Waals surface area (Å²) in [5.74, 6) is 5.81. The van der Waals surface area contributed by atoms with Crippen LogP contribution in [0.15, 0.2) is 36.7 Å². The summed E-state index contributed by atoms with van der Waals surface area (Å²) >= 11 is 0. The normalized spacial score (nSPS) is 12.4. The molecule has 0 fully saturated rings. The zero-order valence-corrected chi connectivity index (χ0v) is 12.5. The van der Waals surface area contributed by atoms with Gasteiger partial charge in [-0.05, 0) is 60.6 Å². The molecular formula is C17H23N3. The van der Waals surface area contributed by atoms with E-state index in [2.05, 4.69) is 55.4 Å². The highest BCUT2D eigenvalue weighted by Crippen LogP contribution is 2.24. The first-order valence-electron chi connectivity index (χ1n) is 7.11. The fourth-order valence-electron chi connectivity index (χ4n) is 2.71. The first-order valence-corrected chi connectivity index (χ1v) is 7.11. The van der Waals surface area contributed by atoms with Gasteiger partial charge in [0, 0.05) is 12.4 Å². The first-order chi connectivity index (χ1) is 9.67. The molecule has 0 amide bonds. The zero-order valence-electron chi connectivity index (χ0n) is 12.5. The Bertz CT molecular complexity index is 558. The van der Waals surface area contributed by atoms with Crippen molar-refractivity contribution in [1.29, 1.82) is 0 Å². The Morgan fingerprint density at radius 2 is 1.90 bits per heavy atom. The number of nitrogens with one attached hydrogen (secondary N) is 1. The van der Waals surface area contributed by atoms with Gasteiger partial charge in [0.25, 0.3) is 0 Å². The first kappa shape index (κ1) is 14.7. The number of hydrazine groups is 1. The van der Waals surface area contributed by atoms with Gasteiger partial charge in [-0.15, -0.1) is 0 Å². The molecule has 0 spiro atoms. The second-order valence-electron chi connectivity index (χ2n) is 5.22. The van der Waals surface area contributed by atoms with E-state index in [1.54, 1.807) is 0 Å². The van der Waals surface area contributed by atoms with E-state index in [0.29, 0.717) is 0 Å². The number of aromatic nitrogens is 1. The highest BCUT2D eigenvalue weighted by atomic mass is 15.2. The topological polar surface area (TPSA) is 50.9 Å². The summed E-state index contributed by atoms with van der Waals surface area (Å²) in [7, 11) is 0. The van der Waals surface area contributed by atoms with Gasteiger partial charge in [0.2, 0.25) is 0 Å². The lowest BCUT2D eigenvalue weighted by atomic mass is 9.91. The van der Waals surface area contributed by atoms with Crippen LogP contribution in [-0.2, 0) is 12.8 Å². The number of hydrogen-bond acceptors (Lipinski definition) is 3. The lowest BCUT2D eigenvalue weighted by Crippen LogP contribution is -2.30. The van der Waals surface area contributed by atoms with Crippen LogP contribution in [0.4, 0.5) is 0 Å². The Labute approximate surface area is 121 Å². The van der Waals surface area contributed by atoms with E-state index in [1.807, 2.05) is 12.4 Å². The number of nitrogens with zero attached hydrogens (tertiary/aromatic N) is 1. The SMILES string of the molecule is CCc1cnccc1C(Cc1c(C)cccc1C)NN. The molecule has 2 rings (SSSR count). The van der Waals surface area contributed by atoms with Gasteiger partial charge in [-0.2, -0.15) is 0 Å². The summed E-state index contributed by atoms with van der Waals surface area (Å²) in [4.78, 5) is 4.21. The predicted molar refractivity (Wildman–Crippen MR) is 83.3 cm³/mol. The van der Waals surface area contributed by atoms with Crippen LogP contribution in [0.3, 0.4) is 0 Å². The molecule has 0 aliphatic heterocycles. The van der Waals surface area contributed by atoms with Crippen molar-refractivity contribution in [3.8, 4) is 0 Å². The summed E-state index contributed by atoms with van der Waals surface area (Å²) < 4.78 is 0. The van der Waals surface area contributed by atoms with Crippen molar-refractivity contribution in [3.63, 3.8) is 0 Å². The largest absolute Gasteiger partial charge is 0.271 e. The minimum Gasteiger partial charge on any atom is -0.271 e. The van der Waals surface area contributed by atoms with Crippen molar-refractivity contribution in [2.24, 2.45) is 5.84 Å². The van der Waals surface area contributed by atoms with Gasteiger partial charge >= 0.3 is 0 Å². The molecule has 106 valence electrons. The van der Waals surface area contributed by atoms with E-state index in [1.165, 1.54) is 27.8 Å². The lowest BCUT2D eigenvalue weighted by Gasteiger charge is -2.21. The van der Waals surface area contributed by atoms with Gasteiger partial charge in [-0.3, -0.25) is 16.3 Å². The zero-order chi connectivity index (χ0) is 14.5. The van der Waals surface area contributed by atoms with Crippen LogP contribution < -0.4 is 11.3 Å². The van der Waals surface area contributed by atoms with E-state index in [4.69, 9.17) is 5.84 Å². The quantitative estimate of drug-likeness (QED) is 0.648. The van der Waals surface area contributed by atoms with Crippen molar-refractivity contribution >= 4 is 0 Å². The third-order valence-electron chi connectivity index (χ3n) is 3.95. The number of pyridine rings is 1. The lowest BCUT2D eigenvalue weighted by molar-refractivity contribution is 0.545. The van der Waals surface area contributed by atoms with Crippen molar-refractivity contribution in [3.05, 3.63) is 64.5 Å².